The Hall–Kier alpha value is -0.120. The standard InChI is InChI=1S/C10H18O3/c11-10(8-12-6-7-13-10)9-4-2-1-3-5-9/h9,11H,1-8H2. The highest BCUT2D eigenvalue weighted by atomic mass is 16.7. The van der Waals surface area contributed by atoms with Crippen LogP contribution in [0.1, 0.15) is 32.1 Å². The van der Waals surface area contributed by atoms with E-state index in [1.165, 1.54) is 19.3 Å². The van der Waals surface area contributed by atoms with Gasteiger partial charge in [0.05, 0.1) is 13.2 Å². The number of rotatable bonds is 1. The Kier molecular flexibility index (Phi) is 2.86. The van der Waals surface area contributed by atoms with Crippen LogP contribution in [0.5, 0.6) is 0 Å². The first-order valence-corrected chi connectivity index (χ1v) is 5.25. The van der Waals surface area contributed by atoms with Gasteiger partial charge >= 0.3 is 0 Å². The highest BCUT2D eigenvalue weighted by Gasteiger charge is 2.40. The molecule has 1 aliphatic heterocycles. The predicted molar refractivity (Wildman–Crippen MR) is 48.3 cm³/mol. The van der Waals surface area contributed by atoms with Crippen LogP contribution in [-0.2, 0) is 9.47 Å². The molecule has 0 spiro atoms. The molecule has 1 atom stereocenters. The summed E-state index contributed by atoms with van der Waals surface area (Å²) in [5, 5.41) is 10.1. The van der Waals surface area contributed by atoms with Crippen LogP contribution in [0.2, 0.25) is 0 Å². The van der Waals surface area contributed by atoms with E-state index in [4.69, 9.17) is 9.47 Å². The summed E-state index contributed by atoms with van der Waals surface area (Å²) >= 11 is 0. The third-order valence-corrected chi connectivity index (χ3v) is 3.13. The van der Waals surface area contributed by atoms with Crippen LogP contribution in [-0.4, -0.2) is 30.7 Å². The Bertz CT molecular complexity index is 158. The molecule has 1 N–H and O–H groups in total. The van der Waals surface area contributed by atoms with Gasteiger partial charge in [0.25, 0.3) is 0 Å². The van der Waals surface area contributed by atoms with Crippen LogP contribution in [0, 0.1) is 5.92 Å². The average Bonchev–Trinajstić information content (AvgIpc) is 2.20. The van der Waals surface area contributed by atoms with Crippen LogP contribution in [0.25, 0.3) is 0 Å². The zero-order chi connectivity index (χ0) is 9.15. The first-order valence-electron chi connectivity index (χ1n) is 5.25. The first kappa shape index (κ1) is 9.44. The van der Waals surface area contributed by atoms with Crippen molar-refractivity contribution in [3.63, 3.8) is 0 Å². The van der Waals surface area contributed by atoms with Gasteiger partial charge in [-0.05, 0) is 12.8 Å². The fourth-order valence-electron chi connectivity index (χ4n) is 2.33. The summed E-state index contributed by atoms with van der Waals surface area (Å²) < 4.78 is 10.7. The van der Waals surface area contributed by atoms with Gasteiger partial charge in [-0.15, -0.1) is 0 Å². The Morgan fingerprint density at radius 3 is 2.46 bits per heavy atom. The fraction of sp³-hybridized carbons (Fsp3) is 1.00. The second-order valence-electron chi connectivity index (χ2n) is 4.08. The molecule has 76 valence electrons. The number of hydrogen-bond donors (Lipinski definition) is 1. The molecule has 1 heterocycles. The molecule has 13 heavy (non-hydrogen) atoms. The van der Waals surface area contributed by atoms with Crippen LogP contribution in [0.15, 0.2) is 0 Å². The smallest absolute Gasteiger partial charge is 0.192 e. The molecule has 0 radical (unpaired) electrons. The fourth-order valence-corrected chi connectivity index (χ4v) is 2.33. The van der Waals surface area contributed by atoms with Crippen molar-refractivity contribution in [2.75, 3.05) is 19.8 Å². The summed E-state index contributed by atoms with van der Waals surface area (Å²) in [5.41, 5.74) is 0. The normalized spacial score (nSPS) is 37.6. The van der Waals surface area contributed by atoms with Crippen LogP contribution in [0.3, 0.4) is 0 Å². The second kappa shape index (κ2) is 3.95. The molecule has 0 amide bonds. The van der Waals surface area contributed by atoms with Crippen molar-refractivity contribution in [2.45, 2.75) is 37.9 Å². The highest BCUT2D eigenvalue weighted by molar-refractivity contribution is 4.82. The van der Waals surface area contributed by atoms with Crippen LogP contribution < -0.4 is 0 Å². The molecule has 0 aromatic rings. The zero-order valence-electron chi connectivity index (χ0n) is 8.00. The highest BCUT2D eigenvalue weighted by Crippen LogP contribution is 2.34. The van der Waals surface area contributed by atoms with E-state index in [0.29, 0.717) is 25.7 Å². The maximum Gasteiger partial charge on any atom is 0.192 e. The lowest BCUT2D eigenvalue weighted by atomic mass is 9.83. The monoisotopic (exact) mass is 186 g/mol. The van der Waals surface area contributed by atoms with Crippen molar-refractivity contribution >= 4 is 0 Å². The zero-order valence-corrected chi connectivity index (χ0v) is 8.00. The maximum absolute atomic E-state index is 10.1. The second-order valence-corrected chi connectivity index (χ2v) is 4.08. The summed E-state index contributed by atoms with van der Waals surface area (Å²) in [6.07, 6.45) is 5.90. The quantitative estimate of drug-likeness (QED) is 0.671. The topological polar surface area (TPSA) is 38.7 Å². The summed E-state index contributed by atoms with van der Waals surface area (Å²) in [4.78, 5) is 0. The van der Waals surface area contributed by atoms with Crippen LogP contribution >= 0.6 is 0 Å². The van der Waals surface area contributed by atoms with Gasteiger partial charge in [-0.3, -0.25) is 0 Å². The van der Waals surface area contributed by atoms with E-state index >= 15 is 0 Å². The lowest BCUT2D eigenvalue weighted by Gasteiger charge is -2.40. The summed E-state index contributed by atoms with van der Waals surface area (Å²) in [5.74, 6) is -0.680. The molecule has 2 aliphatic rings. The van der Waals surface area contributed by atoms with Gasteiger partial charge in [0.15, 0.2) is 5.79 Å². The van der Waals surface area contributed by atoms with Gasteiger partial charge in [0, 0.05) is 5.92 Å². The SMILES string of the molecule is OC1(C2CCCCC2)COCCO1. The van der Waals surface area contributed by atoms with Gasteiger partial charge < -0.3 is 14.6 Å². The van der Waals surface area contributed by atoms with Gasteiger partial charge in [0.2, 0.25) is 0 Å². The molecular formula is C10H18O3. The summed E-state index contributed by atoms with van der Waals surface area (Å²) in [7, 11) is 0. The molecular weight excluding hydrogens is 168 g/mol. The minimum Gasteiger partial charge on any atom is -0.373 e. The minimum atomic E-state index is -0.974. The van der Waals surface area contributed by atoms with E-state index in [-0.39, 0.29) is 0 Å². The molecule has 0 aromatic heterocycles. The molecule has 1 aliphatic carbocycles. The largest absolute Gasteiger partial charge is 0.373 e. The van der Waals surface area contributed by atoms with Gasteiger partial charge in [-0.25, -0.2) is 0 Å². The lowest BCUT2D eigenvalue weighted by Crippen LogP contribution is -2.49. The Labute approximate surface area is 79.0 Å². The predicted octanol–water partition coefficient (Wildman–Crippen LogP) is 1.30. The van der Waals surface area contributed by atoms with Crippen molar-refractivity contribution in [2.24, 2.45) is 5.92 Å². The van der Waals surface area contributed by atoms with E-state index < -0.39 is 5.79 Å². The Morgan fingerprint density at radius 1 is 1.08 bits per heavy atom. The molecule has 0 aromatic carbocycles. The van der Waals surface area contributed by atoms with E-state index in [2.05, 4.69) is 0 Å². The maximum atomic E-state index is 10.1. The van der Waals surface area contributed by atoms with Crippen molar-refractivity contribution in [1.82, 2.24) is 0 Å². The van der Waals surface area contributed by atoms with Crippen molar-refractivity contribution in [3.05, 3.63) is 0 Å². The molecule has 3 nitrogen and oxygen atoms in total. The molecule has 1 saturated carbocycles. The third-order valence-electron chi connectivity index (χ3n) is 3.13. The van der Waals surface area contributed by atoms with E-state index in [9.17, 15) is 5.11 Å². The molecule has 0 bridgehead atoms. The minimum absolute atomic E-state index is 0.293. The van der Waals surface area contributed by atoms with Gasteiger partial charge in [0.1, 0.15) is 6.61 Å². The Morgan fingerprint density at radius 2 is 1.85 bits per heavy atom. The summed E-state index contributed by atoms with van der Waals surface area (Å²) in [6, 6.07) is 0. The third kappa shape index (κ3) is 2.03. The van der Waals surface area contributed by atoms with E-state index in [1.54, 1.807) is 0 Å². The molecule has 2 rings (SSSR count). The number of ether oxygens (including phenoxy) is 2. The lowest BCUT2D eigenvalue weighted by molar-refractivity contribution is -0.298. The van der Waals surface area contributed by atoms with Crippen molar-refractivity contribution in [3.8, 4) is 0 Å². The number of aliphatic hydroxyl groups is 1. The first-order chi connectivity index (χ1) is 6.31. The van der Waals surface area contributed by atoms with E-state index in [0.717, 1.165) is 12.8 Å². The molecule has 3 heteroatoms. The average molecular weight is 186 g/mol. The molecule has 2 fully saturated rings. The molecule has 1 saturated heterocycles. The van der Waals surface area contributed by atoms with Crippen molar-refractivity contribution in [1.29, 1.82) is 0 Å². The van der Waals surface area contributed by atoms with Gasteiger partial charge in [-0.1, -0.05) is 19.3 Å². The van der Waals surface area contributed by atoms with E-state index in [1.807, 2.05) is 0 Å². The van der Waals surface area contributed by atoms with Crippen molar-refractivity contribution < 1.29 is 14.6 Å². The van der Waals surface area contributed by atoms with Crippen LogP contribution in [0.4, 0.5) is 0 Å². The molecule has 1 unspecified atom stereocenters. The Balaban J connectivity index is 1.94. The van der Waals surface area contributed by atoms with Gasteiger partial charge in [-0.2, -0.15) is 0 Å². The summed E-state index contributed by atoms with van der Waals surface area (Å²) in [6.45, 7) is 1.51. The number of hydrogen-bond acceptors (Lipinski definition) is 3.